The molecule has 236 valence electrons. The lowest BCUT2D eigenvalue weighted by Crippen LogP contribution is -2.40. The van der Waals surface area contributed by atoms with Gasteiger partial charge in [-0.25, -0.2) is 0 Å². The van der Waals surface area contributed by atoms with E-state index in [-0.39, 0.29) is 48.4 Å². The fourth-order valence-corrected chi connectivity index (χ4v) is 6.74. The number of aryl methyl sites for hydroxylation is 1. The molecule has 1 saturated heterocycles. The number of amides is 2. The molecular weight excluding hydrogens is 605 g/mol. The number of ether oxygens (including phenoxy) is 3. The number of nitrogens with one attached hydrogen (secondary N) is 1. The zero-order chi connectivity index (χ0) is 31.4. The minimum absolute atomic E-state index is 0.0455. The second-order valence-corrected chi connectivity index (χ2v) is 12.4. The van der Waals surface area contributed by atoms with E-state index < -0.39 is 0 Å². The normalized spacial score (nSPS) is 21.9. The van der Waals surface area contributed by atoms with E-state index in [4.69, 9.17) is 37.4 Å². The van der Waals surface area contributed by atoms with Crippen molar-refractivity contribution in [3.8, 4) is 0 Å². The topological polar surface area (TPSA) is 99.1 Å². The Morgan fingerprint density at radius 2 is 1.77 bits per heavy atom. The van der Waals surface area contributed by atoms with Crippen LogP contribution in [0.4, 0.5) is 5.69 Å². The number of rotatable bonds is 10. The number of aromatic nitrogens is 1. The molecule has 1 aliphatic heterocycles. The van der Waals surface area contributed by atoms with Crippen LogP contribution in [-0.2, 0) is 37.3 Å². The number of halogens is 2. The van der Waals surface area contributed by atoms with Crippen molar-refractivity contribution in [2.24, 2.45) is 13.0 Å². The van der Waals surface area contributed by atoms with Gasteiger partial charge in [-0.1, -0.05) is 41.4 Å². The summed E-state index contributed by atoms with van der Waals surface area (Å²) < 4.78 is 18.9. The van der Waals surface area contributed by atoms with Crippen molar-refractivity contribution in [2.45, 2.75) is 63.7 Å². The molecule has 0 unspecified atom stereocenters. The number of hydrogen-bond donors (Lipinski definition) is 1. The number of anilines is 1. The Labute approximate surface area is 267 Å². The molecular formula is C33H39Cl2N3O6. The summed E-state index contributed by atoms with van der Waals surface area (Å²) in [6.45, 7) is 3.07. The number of nitrogens with zero attached hydrogens (tertiary/aromatic N) is 2. The van der Waals surface area contributed by atoms with Crippen molar-refractivity contribution < 1.29 is 28.6 Å². The first kappa shape index (κ1) is 32.3. The number of carbonyl (C=O) groups excluding carboxylic acids is 3. The summed E-state index contributed by atoms with van der Waals surface area (Å²) in [7, 11) is 3.54. The molecule has 5 rings (SSSR count). The molecule has 0 radical (unpaired) electrons. The molecule has 44 heavy (non-hydrogen) atoms. The third-order valence-electron chi connectivity index (χ3n) is 8.72. The molecule has 1 saturated carbocycles. The molecule has 11 heteroatoms. The Morgan fingerprint density at radius 3 is 2.50 bits per heavy atom. The summed E-state index contributed by atoms with van der Waals surface area (Å²) in [6, 6.07) is 10.8. The van der Waals surface area contributed by atoms with Crippen LogP contribution in [0.5, 0.6) is 0 Å². The number of para-hydroxylation sites is 1. The van der Waals surface area contributed by atoms with Gasteiger partial charge in [0.25, 0.3) is 5.91 Å². The minimum atomic E-state index is -0.302. The van der Waals surface area contributed by atoms with Crippen LogP contribution in [0.3, 0.4) is 0 Å². The second kappa shape index (κ2) is 14.3. The average molecular weight is 645 g/mol. The van der Waals surface area contributed by atoms with E-state index in [1.165, 1.54) is 0 Å². The van der Waals surface area contributed by atoms with Gasteiger partial charge < -0.3 is 29.0 Å². The van der Waals surface area contributed by atoms with Gasteiger partial charge in [-0.2, -0.15) is 0 Å². The molecule has 2 fully saturated rings. The summed E-state index contributed by atoms with van der Waals surface area (Å²) in [4.78, 5) is 40.6. The minimum Gasteiger partial charge on any atom is -0.466 e. The van der Waals surface area contributed by atoms with E-state index in [1.54, 1.807) is 30.3 Å². The maximum Gasteiger partial charge on any atom is 0.308 e. The first-order valence-corrected chi connectivity index (χ1v) is 15.9. The molecule has 1 aliphatic carbocycles. The summed E-state index contributed by atoms with van der Waals surface area (Å²) in [6.07, 6.45) is 5.53. The number of carbonyl (C=O) groups is 3. The smallest absolute Gasteiger partial charge is 0.308 e. The van der Waals surface area contributed by atoms with Crippen LogP contribution in [0.1, 0.15) is 54.9 Å². The highest BCUT2D eigenvalue weighted by Crippen LogP contribution is 2.33. The Balaban J connectivity index is 1.20. The molecule has 0 spiro atoms. The van der Waals surface area contributed by atoms with Crippen molar-refractivity contribution in [1.82, 2.24) is 9.47 Å². The van der Waals surface area contributed by atoms with Gasteiger partial charge in [0.05, 0.1) is 60.1 Å². The predicted octanol–water partition coefficient (Wildman–Crippen LogP) is 6.03. The van der Waals surface area contributed by atoms with Crippen molar-refractivity contribution in [1.29, 1.82) is 0 Å². The standard InChI is InChI=1S/C33H39Cl2N3O6/c1-4-43-33(41)20-9-11-23(12-10-20)44-19-22-15-24(42-3)17-38(22)31(39)14-21-13-28(35)29(16-27(21)34)36-32(40)26-18-37(2)30-8-6-5-7-25(26)30/h5-8,13,16,18,20,22-24H,4,9-12,14-15,17,19H2,1-3H3,(H,36,40)/t20?,22-,23?,24-/m0/s1. The van der Waals surface area contributed by atoms with Crippen LogP contribution < -0.4 is 5.32 Å². The Hall–Kier alpha value is -3.11. The van der Waals surface area contributed by atoms with Crippen molar-refractivity contribution in [3.63, 3.8) is 0 Å². The van der Waals surface area contributed by atoms with Gasteiger partial charge in [-0.15, -0.1) is 0 Å². The number of hydrogen-bond acceptors (Lipinski definition) is 6. The molecule has 3 aromatic rings. The average Bonchev–Trinajstić information content (AvgIpc) is 3.60. The number of fused-ring (bicyclic) bond motifs is 1. The van der Waals surface area contributed by atoms with Gasteiger partial charge in [0.1, 0.15) is 0 Å². The monoisotopic (exact) mass is 643 g/mol. The SMILES string of the molecule is CCOC(=O)C1CCC(OC[C@@H]2C[C@H](OC)CN2C(=O)Cc2cc(Cl)c(NC(=O)c3cn(C)c4ccccc34)cc2Cl)CC1. The van der Waals surface area contributed by atoms with Gasteiger partial charge in [-0.3, -0.25) is 14.4 Å². The van der Waals surface area contributed by atoms with Crippen LogP contribution in [0.2, 0.25) is 10.0 Å². The quantitative estimate of drug-likeness (QED) is 0.271. The third-order valence-corrected chi connectivity index (χ3v) is 9.38. The number of likely N-dealkylation sites (tertiary alicyclic amines) is 1. The zero-order valence-electron chi connectivity index (χ0n) is 25.3. The molecule has 9 nitrogen and oxygen atoms in total. The van der Waals surface area contributed by atoms with Crippen molar-refractivity contribution in [3.05, 3.63) is 63.8 Å². The number of methoxy groups -OCH3 is 1. The largest absolute Gasteiger partial charge is 0.466 e. The van der Waals surface area contributed by atoms with E-state index in [1.807, 2.05) is 42.8 Å². The Kier molecular flexibility index (Phi) is 10.5. The highest BCUT2D eigenvalue weighted by Gasteiger charge is 2.37. The van der Waals surface area contributed by atoms with E-state index in [0.29, 0.717) is 53.0 Å². The van der Waals surface area contributed by atoms with E-state index in [2.05, 4.69) is 5.32 Å². The maximum absolute atomic E-state index is 13.5. The highest BCUT2D eigenvalue weighted by atomic mass is 35.5. The molecule has 2 aromatic carbocycles. The molecule has 2 heterocycles. The number of esters is 1. The van der Waals surface area contributed by atoms with Crippen LogP contribution in [0.25, 0.3) is 10.9 Å². The lowest BCUT2D eigenvalue weighted by molar-refractivity contribution is -0.150. The maximum atomic E-state index is 13.5. The van der Waals surface area contributed by atoms with Gasteiger partial charge in [0.2, 0.25) is 5.91 Å². The Morgan fingerprint density at radius 1 is 1.02 bits per heavy atom. The molecule has 2 aliphatic rings. The van der Waals surface area contributed by atoms with Crippen molar-refractivity contribution >= 4 is 57.6 Å². The predicted molar refractivity (Wildman–Crippen MR) is 170 cm³/mol. The zero-order valence-corrected chi connectivity index (χ0v) is 26.8. The first-order valence-electron chi connectivity index (χ1n) is 15.1. The van der Waals surface area contributed by atoms with Crippen LogP contribution in [-0.4, -0.2) is 72.4 Å². The van der Waals surface area contributed by atoms with Gasteiger partial charge in [0.15, 0.2) is 0 Å². The number of benzene rings is 2. The van der Waals surface area contributed by atoms with Crippen LogP contribution in [0.15, 0.2) is 42.6 Å². The third kappa shape index (κ3) is 7.23. The lowest BCUT2D eigenvalue weighted by Gasteiger charge is -2.30. The van der Waals surface area contributed by atoms with E-state index in [0.717, 1.165) is 36.6 Å². The van der Waals surface area contributed by atoms with Crippen molar-refractivity contribution in [2.75, 3.05) is 32.2 Å². The van der Waals surface area contributed by atoms with Crippen LogP contribution in [0, 0.1) is 5.92 Å². The fourth-order valence-electron chi connectivity index (χ4n) is 6.28. The van der Waals surface area contributed by atoms with Gasteiger partial charge in [-0.05, 0) is 62.8 Å². The van der Waals surface area contributed by atoms with Gasteiger partial charge >= 0.3 is 5.97 Å². The molecule has 2 atom stereocenters. The van der Waals surface area contributed by atoms with E-state index in [9.17, 15) is 14.4 Å². The summed E-state index contributed by atoms with van der Waals surface area (Å²) in [5, 5.41) is 4.33. The first-order chi connectivity index (χ1) is 21.2. The fraction of sp³-hybridized carbons (Fsp3) is 0.485. The molecule has 2 amide bonds. The summed E-state index contributed by atoms with van der Waals surface area (Å²) in [5.74, 6) is -0.592. The van der Waals surface area contributed by atoms with Gasteiger partial charge in [0, 0.05) is 42.8 Å². The highest BCUT2D eigenvalue weighted by molar-refractivity contribution is 6.36. The summed E-state index contributed by atoms with van der Waals surface area (Å²) >= 11 is 13.2. The van der Waals surface area contributed by atoms with E-state index >= 15 is 0 Å². The lowest BCUT2D eigenvalue weighted by atomic mass is 9.87. The van der Waals surface area contributed by atoms with Crippen LogP contribution >= 0.6 is 23.2 Å². The summed E-state index contributed by atoms with van der Waals surface area (Å²) in [5.41, 5.74) is 2.41. The molecule has 0 bridgehead atoms. The molecule has 1 aromatic heterocycles. The Bertz CT molecular complexity index is 1520. The second-order valence-electron chi connectivity index (χ2n) is 11.6. The molecule has 1 N–H and O–H groups in total.